The van der Waals surface area contributed by atoms with Crippen molar-refractivity contribution in [3.63, 3.8) is 0 Å². The lowest BCUT2D eigenvalue weighted by molar-refractivity contribution is -0.384. The molecule has 0 atom stereocenters. The predicted octanol–water partition coefficient (Wildman–Crippen LogP) is 2.43. The summed E-state index contributed by atoms with van der Waals surface area (Å²) >= 11 is 7.46. The Morgan fingerprint density at radius 3 is 2.57 bits per heavy atom. The van der Waals surface area contributed by atoms with Crippen LogP contribution in [-0.4, -0.2) is 41.1 Å². The molecule has 1 saturated heterocycles. The summed E-state index contributed by atoms with van der Waals surface area (Å²) < 4.78 is 0. The van der Waals surface area contributed by atoms with Crippen LogP contribution >= 0.6 is 22.9 Å². The summed E-state index contributed by atoms with van der Waals surface area (Å²) in [4.78, 5) is 23.1. The highest BCUT2D eigenvalue weighted by molar-refractivity contribution is 7.13. The van der Waals surface area contributed by atoms with Gasteiger partial charge in [0.15, 0.2) is 5.13 Å². The fourth-order valence-corrected chi connectivity index (χ4v) is 3.11. The Morgan fingerprint density at radius 1 is 1.24 bits per heavy atom. The van der Waals surface area contributed by atoms with Gasteiger partial charge in [-0.25, -0.2) is 9.97 Å². The van der Waals surface area contributed by atoms with E-state index >= 15 is 0 Å². The lowest BCUT2D eigenvalue weighted by atomic mass is 10.3. The van der Waals surface area contributed by atoms with E-state index in [0.29, 0.717) is 18.9 Å². The number of piperazine rings is 1. The number of aromatic nitrogens is 2. The average molecular weight is 326 g/mol. The zero-order chi connectivity index (χ0) is 14.8. The topological polar surface area (TPSA) is 75.4 Å². The molecule has 1 fully saturated rings. The van der Waals surface area contributed by atoms with E-state index in [1.807, 2.05) is 10.3 Å². The molecule has 2 aromatic rings. The van der Waals surface area contributed by atoms with Crippen LogP contribution in [0.25, 0.3) is 0 Å². The summed E-state index contributed by atoms with van der Waals surface area (Å²) in [5.74, 6) is 0.339. The van der Waals surface area contributed by atoms with Gasteiger partial charge in [0, 0.05) is 43.8 Å². The van der Waals surface area contributed by atoms with Gasteiger partial charge in [-0.3, -0.25) is 10.1 Å². The SMILES string of the molecule is O=[N+]([O-])c1ccc(Cl)nc1N1CCN(c2nccs2)CC1. The molecular formula is C12H12ClN5O2S. The second-order valence-corrected chi connectivity index (χ2v) is 5.78. The molecule has 0 bridgehead atoms. The van der Waals surface area contributed by atoms with Crippen LogP contribution in [0.4, 0.5) is 16.6 Å². The third-order valence-electron chi connectivity index (χ3n) is 3.29. The van der Waals surface area contributed by atoms with E-state index in [1.165, 1.54) is 12.1 Å². The highest BCUT2D eigenvalue weighted by Crippen LogP contribution is 2.29. The molecule has 0 unspecified atom stereocenters. The van der Waals surface area contributed by atoms with E-state index in [9.17, 15) is 10.1 Å². The highest BCUT2D eigenvalue weighted by atomic mass is 35.5. The van der Waals surface area contributed by atoms with Crippen molar-refractivity contribution in [1.82, 2.24) is 9.97 Å². The highest BCUT2D eigenvalue weighted by Gasteiger charge is 2.26. The minimum atomic E-state index is -0.425. The lowest BCUT2D eigenvalue weighted by Crippen LogP contribution is -2.47. The molecule has 9 heteroatoms. The van der Waals surface area contributed by atoms with Gasteiger partial charge in [-0.2, -0.15) is 0 Å². The molecule has 0 amide bonds. The minimum Gasteiger partial charge on any atom is -0.347 e. The molecule has 0 spiro atoms. The van der Waals surface area contributed by atoms with Crippen LogP contribution in [0.1, 0.15) is 0 Å². The van der Waals surface area contributed by atoms with Crippen molar-refractivity contribution in [3.05, 3.63) is 39.0 Å². The van der Waals surface area contributed by atoms with Crippen LogP contribution in [0.2, 0.25) is 5.15 Å². The smallest absolute Gasteiger partial charge is 0.311 e. The van der Waals surface area contributed by atoms with Gasteiger partial charge in [-0.05, 0) is 6.07 Å². The van der Waals surface area contributed by atoms with Crippen molar-refractivity contribution in [1.29, 1.82) is 0 Å². The maximum absolute atomic E-state index is 11.1. The molecule has 0 aliphatic carbocycles. The van der Waals surface area contributed by atoms with Crippen molar-refractivity contribution < 1.29 is 4.92 Å². The molecule has 0 saturated carbocycles. The summed E-state index contributed by atoms with van der Waals surface area (Å²) in [6, 6.07) is 2.84. The summed E-state index contributed by atoms with van der Waals surface area (Å²) in [5.41, 5.74) is -0.0119. The van der Waals surface area contributed by atoms with E-state index in [0.717, 1.165) is 18.2 Å². The molecular weight excluding hydrogens is 314 g/mol. The Bertz CT molecular complexity index is 643. The average Bonchev–Trinajstić information content (AvgIpc) is 3.01. The first-order valence-corrected chi connectivity index (χ1v) is 7.61. The van der Waals surface area contributed by atoms with Crippen molar-refractivity contribution in [2.45, 2.75) is 0 Å². The van der Waals surface area contributed by atoms with Gasteiger partial charge in [-0.1, -0.05) is 11.6 Å². The molecule has 110 valence electrons. The molecule has 3 rings (SSSR count). The maximum Gasteiger partial charge on any atom is 0.311 e. The van der Waals surface area contributed by atoms with Crippen LogP contribution in [-0.2, 0) is 0 Å². The summed E-state index contributed by atoms with van der Waals surface area (Å²) in [5, 5.41) is 14.3. The summed E-state index contributed by atoms with van der Waals surface area (Å²) in [6.45, 7) is 2.79. The summed E-state index contributed by atoms with van der Waals surface area (Å²) in [7, 11) is 0. The van der Waals surface area contributed by atoms with E-state index in [2.05, 4.69) is 14.9 Å². The second-order valence-electron chi connectivity index (χ2n) is 4.52. The number of halogens is 1. The molecule has 0 aromatic carbocycles. The standard InChI is InChI=1S/C12H12ClN5O2S/c13-10-2-1-9(18(19)20)11(15-10)16-4-6-17(7-5-16)12-14-3-8-21-12/h1-3,8H,4-7H2. The largest absolute Gasteiger partial charge is 0.347 e. The number of pyridine rings is 1. The Morgan fingerprint density at radius 2 is 1.95 bits per heavy atom. The van der Waals surface area contributed by atoms with Crippen molar-refractivity contribution in [2.75, 3.05) is 36.0 Å². The van der Waals surface area contributed by atoms with E-state index in [-0.39, 0.29) is 10.8 Å². The fraction of sp³-hybridized carbons (Fsp3) is 0.333. The van der Waals surface area contributed by atoms with Crippen LogP contribution in [0.15, 0.2) is 23.7 Å². The molecule has 3 heterocycles. The first kappa shape index (κ1) is 14.0. The van der Waals surface area contributed by atoms with Crippen LogP contribution in [0, 0.1) is 10.1 Å². The zero-order valence-electron chi connectivity index (χ0n) is 11.0. The van der Waals surface area contributed by atoms with Gasteiger partial charge in [0.2, 0.25) is 5.82 Å². The Kier molecular flexibility index (Phi) is 3.89. The molecule has 1 aliphatic heterocycles. The van der Waals surface area contributed by atoms with E-state index in [4.69, 9.17) is 11.6 Å². The number of nitrogens with zero attached hydrogens (tertiary/aromatic N) is 5. The fourth-order valence-electron chi connectivity index (χ4n) is 2.27. The third kappa shape index (κ3) is 2.91. The van der Waals surface area contributed by atoms with Crippen LogP contribution < -0.4 is 9.80 Å². The van der Waals surface area contributed by atoms with Gasteiger partial charge in [-0.15, -0.1) is 11.3 Å². The van der Waals surface area contributed by atoms with Crippen molar-refractivity contribution >= 4 is 39.6 Å². The first-order chi connectivity index (χ1) is 10.1. The van der Waals surface area contributed by atoms with Gasteiger partial charge in [0.05, 0.1) is 4.92 Å². The molecule has 1 aliphatic rings. The van der Waals surface area contributed by atoms with Crippen molar-refractivity contribution in [3.8, 4) is 0 Å². The minimum absolute atomic E-state index is 0.0119. The third-order valence-corrected chi connectivity index (χ3v) is 4.33. The Labute approximate surface area is 129 Å². The molecule has 0 radical (unpaired) electrons. The van der Waals surface area contributed by atoms with Crippen LogP contribution in [0.5, 0.6) is 0 Å². The Balaban J connectivity index is 1.78. The number of thiazole rings is 1. The zero-order valence-corrected chi connectivity index (χ0v) is 12.5. The second kappa shape index (κ2) is 5.82. The number of nitro groups is 1. The number of anilines is 2. The number of rotatable bonds is 3. The first-order valence-electron chi connectivity index (χ1n) is 6.35. The van der Waals surface area contributed by atoms with E-state index in [1.54, 1.807) is 17.5 Å². The van der Waals surface area contributed by atoms with Crippen LogP contribution in [0.3, 0.4) is 0 Å². The normalized spacial score (nSPS) is 15.3. The van der Waals surface area contributed by atoms with Gasteiger partial charge < -0.3 is 9.80 Å². The molecule has 0 N–H and O–H groups in total. The summed E-state index contributed by atoms with van der Waals surface area (Å²) in [6.07, 6.45) is 1.77. The van der Waals surface area contributed by atoms with Gasteiger partial charge >= 0.3 is 5.69 Å². The van der Waals surface area contributed by atoms with Crippen molar-refractivity contribution in [2.24, 2.45) is 0 Å². The van der Waals surface area contributed by atoms with E-state index < -0.39 is 4.92 Å². The monoisotopic (exact) mass is 325 g/mol. The predicted molar refractivity (Wildman–Crippen MR) is 82.4 cm³/mol. The Hall–Kier alpha value is -1.93. The molecule has 7 nitrogen and oxygen atoms in total. The number of hydrogen-bond acceptors (Lipinski definition) is 7. The quantitative estimate of drug-likeness (QED) is 0.490. The van der Waals surface area contributed by atoms with Gasteiger partial charge in [0.25, 0.3) is 0 Å². The van der Waals surface area contributed by atoms with Gasteiger partial charge in [0.1, 0.15) is 5.15 Å². The molecule has 2 aromatic heterocycles. The lowest BCUT2D eigenvalue weighted by Gasteiger charge is -2.34. The molecule has 21 heavy (non-hydrogen) atoms. The maximum atomic E-state index is 11.1. The number of hydrogen-bond donors (Lipinski definition) is 0.